The van der Waals surface area contributed by atoms with Gasteiger partial charge in [-0.3, -0.25) is 4.79 Å². The predicted molar refractivity (Wildman–Crippen MR) is 134 cm³/mol. The van der Waals surface area contributed by atoms with E-state index < -0.39 is 0 Å². The van der Waals surface area contributed by atoms with Gasteiger partial charge in [-0.25, -0.2) is 5.01 Å². The zero-order valence-corrected chi connectivity index (χ0v) is 21.0. The van der Waals surface area contributed by atoms with E-state index in [1.54, 1.807) is 12.5 Å². The Morgan fingerprint density at radius 1 is 1.06 bits per heavy atom. The van der Waals surface area contributed by atoms with Crippen LogP contribution >= 0.6 is 11.8 Å². The maximum absolute atomic E-state index is 13.2. The molecule has 180 valence electrons. The van der Waals surface area contributed by atoms with Crippen LogP contribution in [0, 0.1) is 0 Å². The fourth-order valence-electron chi connectivity index (χ4n) is 4.04. The van der Waals surface area contributed by atoms with Crippen LogP contribution in [-0.4, -0.2) is 37.1 Å². The highest BCUT2D eigenvalue weighted by atomic mass is 32.2. The molecule has 0 radical (unpaired) electrons. The minimum Gasteiger partial charge on any atom is -0.467 e. The second-order valence-electron chi connectivity index (χ2n) is 9.48. The van der Waals surface area contributed by atoms with Crippen LogP contribution in [-0.2, 0) is 17.3 Å². The fraction of sp³-hybridized carbons (Fsp3) is 0.308. The third-order valence-electron chi connectivity index (χ3n) is 6.01. The predicted octanol–water partition coefficient (Wildman–Crippen LogP) is 5.44. The summed E-state index contributed by atoms with van der Waals surface area (Å²) in [6.07, 6.45) is 3.73. The Morgan fingerprint density at radius 2 is 1.80 bits per heavy atom. The molecule has 3 aromatic heterocycles. The number of furan rings is 2. The Balaban J connectivity index is 1.31. The molecule has 35 heavy (non-hydrogen) atoms. The van der Waals surface area contributed by atoms with Gasteiger partial charge in [-0.05, 0) is 35.2 Å². The van der Waals surface area contributed by atoms with Crippen molar-refractivity contribution < 1.29 is 13.6 Å². The quantitative estimate of drug-likeness (QED) is 0.335. The summed E-state index contributed by atoms with van der Waals surface area (Å²) in [5.41, 5.74) is 3.04. The molecule has 0 spiro atoms. The van der Waals surface area contributed by atoms with Crippen LogP contribution in [0.1, 0.15) is 50.3 Å². The molecular formula is C26H27N5O3S. The Morgan fingerprint density at radius 3 is 2.46 bits per heavy atom. The van der Waals surface area contributed by atoms with Crippen LogP contribution in [0.25, 0.3) is 11.4 Å². The number of amides is 1. The summed E-state index contributed by atoms with van der Waals surface area (Å²) in [4.78, 5) is 13.2. The molecule has 0 N–H and O–H groups in total. The van der Waals surface area contributed by atoms with Gasteiger partial charge in [-0.1, -0.05) is 56.8 Å². The molecule has 1 atom stereocenters. The maximum atomic E-state index is 13.2. The molecule has 4 aromatic rings. The van der Waals surface area contributed by atoms with Gasteiger partial charge in [0.2, 0.25) is 0 Å². The van der Waals surface area contributed by atoms with Crippen molar-refractivity contribution in [2.45, 2.75) is 43.8 Å². The Hall–Kier alpha value is -3.59. The van der Waals surface area contributed by atoms with Crippen LogP contribution in [0.4, 0.5) is 0 Å². The summed E-state index contributed by atoms with van der Waals surface area (Å²) in [7, 11) is 1.91. The number of aromatic nitrogens is 3. The van der Waals surface area contributed by atoms with E-state index in [1.807, 2.05) is 35.9 Å². The van der Waals surface area contributed by atoms with Gasteiger partial charge in [0, 0.05) is 19.0 Å². The van der Waals surface area contributed by atoms with Gasteiger partial charge in [0.25, 0.3) is 5.91 Å². The second-order valence-corrected chi connectivity index (χ2v) is 10.4. The summed E-state index contributed by atoms with van der Waals surface area (Å²) in [5.74, 6) is 2.12. The summed E-state index contributed by atoms with van der Waals surface area (Å²) >= 11 is 1.34. The van der Waals surface area contributed by atoms with E-state index in [-0.39, 0.29) is 23.1 Å². The van der Waals surface area contributed by atoms with Gasteiger partial charge in [0.1, 0.15) is 23.3 Å². The van der Waals surface area contributed by atoms with Crippen LogP contribution < -0.4 is 0 Å². The first-order valence-corrected chi connectivity index (χ1v) is 12.4. The topological polar surface area (TPSA) is 89.7 Å². The van der Waals surface area contributed by atoms with E-state index in [9.17, 15) is 4.79 Å². The molecule has 1 aliphatic heterocycles. The number of hydrogen-bond donors (Lipinski definition) is 0. The lowest BCUT2D eigenvalue weighted by atomic mass is 9.87. The SMILES string of the molecule is Cn1c(SCC(=O)N2N=C(c3ccco3)CC2c2ccco2)nnc1-c1ccc(C(C)(C)C)cc1. The smallest absolute Gasteiger partial charge is 0.253 e. The van der Waals surface area contributed by atoms with Gasteiger partial charge in [-0.15, -0.1) is 10.2 Å². The zero-order chi connectivity index (χ0) is 24.6. The number of carbonyl (C=O) groups excluding carboxylic acids is 1. The largest absolute Gasteiger partial charge is 0.467 e. The molecular weight excluding hydrogens is 462 g/mol. The summed E-state index contributed by atoms with van der Waals surface area (Å²) in [6, 6.07) is 15.4. The first-order valence-electron chi connectivity index (χ1n) is 11.4. The van der Waals surface area contributed by atoms with Crippen LogP contribution in [0.15, 0.2) is 80.1 Å². The third kappa shape index (κ3) is 4.68. The highest BCUT2D eigenvalue weighted by Crippen LogP contribution is 2.34. The number of benzene rings is 1. The molecule has 5 rings (SSSR count). The van der Waals surface area contributed by atoms with E-state index in [2.05, 4.69) is 60.3 Å². The molecule has 0 fully saturated rings. The first kappa shape index (κ1) is 23.2. The van der Waals surface area contributed by atoms with Crippen molar-refractivity contribution in [2.24, 2.45) is 12.1 Å². The molecule has 4 heterocycles. The molecule has 8 nitrogen and oxygen atoms in total. The van der Waals surface area contributed by atoms with Gasteiger partial charge < -0.3 is 13.4 Å². The Kier molecular flexibility index (Phi) is 6.10. The summed E-state index contributed by atoms with van der Waals surface area (Å²) in [5, 5.41) is 15.4. The maximum Gasteiger partial charge on any atom is 0.253 e. The van der Waals surface area contributed by atoms with Gasteiger partial charge in [0.05, 0.1) is 18.3 Å². The number of thioether (sulfide) groups is 1. The lowest BCUT2D eigenvalue weighted by Crippen LogP contribution is -2.28. The highest BCUT2D eigenvalue weighted by Gasteiger charge is 2.35. The lowest BCUT2D eigenvalue weighted by Gasteiger charge is -2.19. The highest BCUT2D eigenvalue weighted by molar-refractivity contribution is 7.99. The van der Waals surface area contributed by atoms with E-state index in [0.717, 1.165) is 17.1 Å². The number of hydrazone groups is 1. The monoisotopic (exact) mass is 489 g/mol. The molecule has 0 saturated heterocycles. The van der Waals surface area contributed by atoms with Crippen molar-refractivity contribution in [1.82, 2.24) is 19.8 Å². The number of hydrogen-bond acceptors (Lipinski definition) is 7. The van der Waals surface area contributed by atoms with E-state index >= 15 is 0 Å². The normalized spacial score (nSPS) is 16.1. The van der Waals surface area contributed by atoms with E-state index in [0.29, 0.717) is 23.1 Å². The Bertz CT molecular complexity index is 1330. The van der Waals surface area contributed by atoms with E-state index in [4.69, 9.17) is 8.83 Å². The lowest BCUT2D eigenvalue weighted by molar-refractivity contribution is -0.130. The van der Waals surface area contributed by atoms with Crippen molar-refractivity contribution in [3.8, 4) is 11.4 Å². The average molecular weight is 490 g/mol. The van der Waals surface area contributed by atoms with Gasteiger partial charge in [-0.2, -0.15) is 5.10 Å². The number of rotatable bonds is 6. The average Bonchev–Trinajstić information content (AvgIpc) is 3.64. The fourth-order valence-corrected chi connectivity index (χ4v) is 4.80. The van der Waals surface area contributed by atoms with Gasteiger partial charge in [0.15, 0.2) is 11.0 Å². The second kappa shape index (κ2) is 9.22. The van der Waals surface area contributed by atoms with Crippen molar-refractivity contribution in [1.29, 1.82) is 0 Å². The number of carbonyl (C=O) groups is 1. The van der Waals surface area contributed by atoms with Crippen LogP contribution in [0.3, 0.4) is 0 Å². The standard InChI is InChI=1S/C26H27N5O3S/c1-26(2,3)18-11-9-17(10-12-18)24-27-28-25(30(24)4)35-16-23(32)31-20(22-8-6-14-34-22)15-19(29-31)21-7-5-13-33-21/h5-14,20H,15-16H2,1-4H3. The molecule has 0 aliphatic carbocycles. The van der Waals surface area contributed by atoms with Crippen molar-refractivity contribution in [2.75, 3.05) is 5.75 Å². The zero-order valence-electron chi connectivity index (χ0n) is 20.1. The van der Waals surface area contributed by atoms with Crippen molar-refractivity contribution >= 4 is 23.4 Å². The minimum atomic E-state index is -0.311. The molecule has 0 bridgehead atoms. The summed E-state index contributed by atoms with van der Waals surface area (Å²) in [6.45, 7) is 6.57. The van der Waals surface area contributed by atoms with Crippen molar-refractivity contribution in [3.63, 3.8) is 0 Å². The molecule has 1 aliphatic rings. The molecule has 1 aromatic carbocycles. The minimum absolute atomic E-state index is 0.0855. The van der Waals surface area contributed by atoms with E-state index in [1.165, 1.54) is 22.3 Å². The van der Waals surface area contributed by atoms with Crippen molar-refractivity contribution in [3.05, 3.63) is 78.1 Å². The molecule has 9 heteroatoms. The first-order chi connectivity index (χ1) is 16.8. The molecule has 1 unspecified atom stereocenters. The summed E-state index contributed by atoms with van der Waals surface area (Å²) < 4.78 is 13.0. The molecule has 0 saturated carbocycles. The number of nitrogens with zero attached hydrogens (tertiary/aromatic N) is 5. The Labute approximate surface area is 208 Å². The molecule has 1 amide bonds. The van der Waals surface area contributed by atoms with Crippen LogP contribution in [0.5, 0.6) is 0 Å². The van der Waals surface area contributed by atoms with Crippen LogP contribution in [0.2, 0.25) is 0 Å². The van der Waals surface area contributed by atoms with Gasteiger partial charge >= 0.3 is 0 Å². The third-order valence-corrected chi connectivity index (χ3v) is 7.02.